The Kier molecular flexibility index (Phi) is 5.33. The van der Waals surface area contributed by atoms with Crippen molar-refractivity contribution in [3.05, 3.63) is 47.6 Å². The van der Waals surface area contributed by atoms with Crippen LogP contribution >= 0.6 is 0 Å². The minimum Gasteiger partial charge on any atom is -0.366 e. The number of nitrogens with zero attached hydrogens (tertiary/aromatic N) is 2. The maximum absolute atomic E-state index is 11.9. The number of ether oxygens (including phenoxy) is 1. The van der Waals surface area contributed by atoms with Gasteiger partial charge >= 0.3 is 0 Å². The van der Waals surface area contributed by atoms with Crippen molar-refractivity contribution >= 4 is 5.91 Å². The van der Waals surface area contributed by atoms with Crippen LogP contribution in [0.1, 0.15) is 17.3 Å². The third-order valence-electron chi connectivity index (χ3n) is 3.57. The van der Waals surface area contributed by atoms with Crippen LogP contribution < -0.4 is 10.6 Å². The summed E-state index contributed by atoms with van der Waals surface area (Å²) in [7, 11) is 0. The molecule has 0 spiro atoms. The van der Waals surface area contributed by atoms with E-state index in [1.54, 1.807) is 0 Å². The highest BCUT2D eigenvalue weighted by Gasteiger charge is 2.21. The highest BCUT2D eigenvalue weighted by molar-refractivity contribution is 5.81. The van der Waals surface area contributed by atoms with Crippen molar-refractivity contribution < 1.29 is 14.1 Å². The molecule has 1 aromatic carbocycles. The molecule has 7 heteroatoms. The fraction of sp³-hybridized carbons (Fsp3) is 0.438. The van der Waals surface area contributed by atoms with E-state index in [0.717, 1.165) is 12.1 Å². The SMILES string of the molecule is O=C(NCCc1nc(Cc2ccccc2)no1)[C@@H]1CNCCO1. The van der Waals surface area contributed by atoms with Crippen molar-refractivity contribution in [2.75, 3.05) is 26.2 Å². The van der Waals surface area contributed by atoms with Gasteiger partial charge in [-0.05, 0) is 5.56 Å². The summed E-state index contributed by atoms with van der Waals surface area (Å²) in [5, 5.41) is 9.92. The van der Waals surface area contributed by atoms with E-state index in [1.807, 2.05) is 30.3 Å². The zero-order chi connectivity index (χ0) is 15.9. The molecule has 0 aliphatic carbocycles. The van der Waals surface area contributed by atoms with Crippen LogP contribution in [-0.2, 0) is 22.4 Å². The van der Waals surface area contributed by atoms with Crippen LogP contribution in [0.2, 0.25) is 0 Å². The van der Waals surface area contributed by atoms with Crippen LogP contribution in [0.5, 0.6) is 0 Å². The number of benzene rings is 1. The molecule has 2 heterocycles. The molecule has 0 saturated carbocycles. The molecule has 122 valence electrons. The molecule has 23 heavy (non-hydrogen) atoms. The molecule has 0 unspecified atom stereocenters. The van der Waals surface area contributed by atoms with Gasteiger partial charge in [0.1, 0.15) is 6.10 Å². The Bertz CT molecular complexity index is 623. The quantitative estimate of drug-likeness (QED) is 0.797. The molecule has 7 nitrogen and oxygen atoms in total. The number of nitrogens with one attached hydrogen (secondary N) is 2. The highest BCUT2D eigenvalue weighted by atomic mass is 16.5. The fourth-order valence-corrected chi connectivity index (χ4v) is 2.38. The summed E-state index contributed by atoms with van der Waals surface area (Å²) in [5.41, 5.74) is 1.13. The molecule has 1 aliphatic heterocycles. The number of morpholine rings is 1. The average Bonchev–Trinajstić information content (AvgIpc) is 3.04. The fourth-order valence-electron chi connectivity index (χ4n) is 2.38. The van der Waals surface area contributed by atoms with Crippen molar-refractivity contribution in [1.82, 2.24) is 20.8 Å². The summed E-state index contributed by atoms with van der Waals surface area (Å²) in [6.07, 6.45) is 0.728. The first-order valence-corrected chi connectivity index (χ1v) is 7.76. The minimum atomic E-state index is -0.417. The summed E-state index contributed by atoms with van der Waals surface area (Å²) in [6.45, 7) is 2.35. The van der Waals surface area contributed by atoms with Crippen LogP contribution in [0.15, 0.2) is 34.9 Å². The van der Waals surface area contributed by atoms with E-state index < -0.39 is 6.10 Å². The van der Waals surface area contributed by atoms with Crippen LogP contribution in [0, 0.1) is 0 Å². The molecule has 1 atom stereocenters. The summed E-state index contributed by atoms with van der Waals surface area (Å²) in [5.74, 6) is 1.07. The molecular formula is C16H20N4O3. The van der Waals surface area contributed by atoms with Gasteiger partial charge in [-0.1, -0.05) is 35.5 Å². The van der Waals surface area contributed by atoms with Gasteiger partial charge in [0.15, 0.2) is 5.82 Å². The lowest BCUT2D eigenvalue weighted by atomic mass is 10.1. The minimum absolute atomic E-state index is 0.110. The van der Waals surface area contributed by atoms with Crippen molar-refractivity contribution in [3.8, 4) is 0 Å². The summed E-state index contributed by atoms with van der Waals surface area (Å²) in [6, 6.07) is 9.98. The standard InChI is InChI=1S/C16H20N4O3/c21-16(13-11-17-8-9-22-13)18-7-6-15-19-14(20-23-15)10-12-4-2-1-3-5-12/h1-5,13,17H,6-11H2,(H,18,21)/t13-/m0/s1. The molecule has 0 radical (unpaired) electrons. The van der Waals surface area contributed by atoms with E-state index in [4.69, 9.17) is 9.26 Å². The van der Waals surface area contributed by atoms with E-state index in [1.165, 1.54) is 0 Å². The molecule has 1 aliphatic rings. The van der Waals surface area contributed by atoms with Gasteiger partial charge in [-0.25, -0.2) is 0 Å². The molecular weight excluding hydrogens is 296 g/mol. The lowest BCUT2D eigenvalue weighted by molar-refractivity contribution is -0.134. The van der Waals surface area contributed by atoms with E-state index in [9.17, 15) is 4.79 Å². The number of hydrogen-bond donors (Lipinski definition) is 2. The molecule has 1 amide bonds. The topological polar surface area (TPSA) is 89.3 Å². The largest absolute Gasteiger partial charge is 0.366 e. The predicted octanol–water partition coefficient (Wildman–Crippen LogP) is 0.307. The summed E-state index contributed by atoms with van der Waals surface area (Å²) < 4.78 is 10.6. The van der Waals surface area contributed by atoms with Gasteiger partial charge in [0.2, 0.25) is 11.8 Å². The zero-order valence-corrected chi connectivity index (χ0v) is 12.8. The number of hydrogen-bond acceptors (Lipinski definition) is 6. The van der Waals surface area contributed by atoms with Crippen molar-refractivity contribution in [2.45, 2.75) is 18.9 Å². The van der Waals surface area contributed by atoms with Gasteiger partial charge in [-0.3, -0.25) is 4.79 Å². The number of aromatic nitrogens is 2. The Balaban J connectivity index is 1.43. The van der Waals surface area contributed by atoms with Gasteiger partial charge < -0.3 is 19.9 Å². The lowest BCUT2D eigenvalue weighted by Crippen LogP contribution is -2.48. The Morgan fingerprint density at radius 1 is 1.35 bits per heavy atom. The average molecular weight is 316 g/mol. The highest BCUT2D eigenvalue weighted by Crippen LogP contribution is 2.06. The first kappa shape index (κ1) is 15.6. The third-order valence-corrected chi connectivity index (χ3v) is 3.57. The van der Waals surface area contributed by atoms with Crippen LogP contribution in [0.4, 0.5) is 0 Å². The van der Waals surface area contributed by atoms with E-state index in [0.29, 0.717) is 44.3 Å². The van der Waals surface area contributed by atoms with Crippen LogP contribution in [-0.4, -0.2) is 48.4 Å². The van der Waals surface area contributed by atoms with Crippen LogP contribution in [0.3, 0.4) is 0 Å². The normalized spacial score (nSPS) is 17.8. The summed E-state index contributed by atoms with van der Waals surface area (Å²) >= 11 is 0. The molecule has 0 bridgehead atoms. The van der Waals surface area contributed by atoms with E-state index in [-0.39, 0.29) is 5.91 Å². The molecule has 1 saturated heterocycles. The third kappa shape index (κ3) is 4.61. The molecule has 3 rings (SSSR count). The Hall–Kier alpha value is -2.25. The van der Waals surface area contributed by atoms with Crippen molar-refractivity contribution in [3.63, 3.8) is 0 Å². The Morgan fingerprint density at radius 3 is 3.00 bits per heavy atom. The smallest absolute Gasteiger partial charge is 0.250 e. The molecule has 1 fully saturated rings. The lowest BCUT2D eigenvalue weighted by Gasteiger charge is -2.22. The van der Waals surface area contributed by atoms with Crippen molar-refractivity contribution in [1.29, 1.82) is 0 Å². The molecule has 2 aromatic rings. The zero-order valence-electron chi connectivity index (χ0n) is 12.8. The maximum Gasteiger partial charge on any atom is 0.250 e. The first-order valence-electron chi connectivity index (χ1n) is 7.76. The van der Waals surface area contributed by atoms with E-state index in [2.05, 4.69) is 20.8 Å². The maximum atomic E-state index is 11.9. The van der Waals surface area contributed by atoms with Crippen molar-refractivity contribution in [2.24, 2.45) is 0 Å². The predicted molar refractivity (Wildman–Crippen MR) is 82.9 cm³/mol. The van der Waals surface area contributed by atoms with Gasteiger partial charge in [0.25, 0.3) is 0 Å². The monoisotopic (exact) mass is 316 g/mol. The number of rotatable bonds is 6. The van der Waals surface area contributed by atoms with Gasteiger partial charge in [-0.15, -0.1) is 0 Å². The van der Waals surface area contributed by atoms with Gasteiger partial charge in [-0.2, -0.15) is 4.98 Å². The first-order chi connectivity index (χ1) is 11.3. The second kappa shape index (κ2) is 7.85. The Labute approximate surface area is 134 Å². The van der Waals surface area contributed by atoms with Gasteiger partial charge in [0.05, 0.1) is 6.61 Å². The van der Waals surface area contributed by atoms with Gasteiger partial charge in [0, 0.05) is 32.5 Å². The molecule has 1 aromatic heterocycles. The number of carbonyl (C=O) groups excluding carboxylic acids is 1. The van der Waals surface area contributed by atoms with E-state index >= 15 is 0 Å². The summed E-state index contributed by atoms with van der Waals surface area (Å²) in [4.78, 5) is 16.2. The second-order valence-corrected chi connectivity index (χ2v) is 5.37. The Morgan fingerprint density at radius 2 is 2.22 bits per heavy atom. The van der Waals surface area contributed by atoms with Crippen LogP contribution in [0.25, 0.3) is 0 Å². The number of carbonyl (C=O) groups is 1. The second-order valence-electron chi connectivity index (χ2n) is 5.37. The molecule has 2 N–H and O–H groups in total. The number of amides is 1.